The van der Waals surface area contributed by atoms with Gasteiger partial charge in [0.15, 0.2) is 5.96 Å². The van der Waals surface area contributed by atoms with Crippen molar-refractivity contribution in [2.24, 2.45) is 4.99 Å². The first-order valence-electron chi connectivity index (χ1n) is 10.3. The van der Waals surface area contributed by atoms with Gasteiger partial charge in [-0.05, 0) is 52.7 Å². The minimum absolute atomic E-state index is 0. The Morgan fingerprint density at radius 1 is 1.17 bits per heavy atom. The maximum absolute atomic E-state index is 11.9. The number of guanidine groups is 1. The Bertz CT molecular complexity index is 743. The first-order valence-corrected chi connectivity index (χ1v) is 10.3. The van der Waals surface area contributed by atoms with Crippen molar-refractivity contribution < 1.29 is 14.3 Å². The van der Waals surface area contributed by atoms with Crippen LogP contribution in [0.4, 0.5) is 0 Å². The van der Waals surface area contributed by atoms with Gasteiger partial charge in [0.25, 0.3) is 0 Å². The highest BCUT2D eigenvalue weighted by molar-refractivity contribution is 14.0. The monoisotopic (exact) mass is 530 g/mol. The molecule has 8 heteroatoms. The number of hydrogen-bond acceptors (Lipinski definition) is 4. The van der Waals surface area contributed by atoms with Crippen molar-refractivity contribution >= 4 is 41.8 Å². The summed E-state index contributed by atoms with van der Waals surface area (Å²) in [5, 5.41) is 6.41. The molecule has 1 aliphatic heterocycles. The Morgan fingerprint density at radius 2 is 1.83 bits per heavy atom. The number of carbonyl (C=O) groups is 2. The second-order valence-electron chi connectivity index (χ2n) is 8.24. The molecule has 1 heterocycles. The second-order valence-corrected chi connectivity index (χ2v) is 8.24. The molecule has 1 aromatic rings. The van der Waals surface area contributed by atoms with Gasteiger partial charge in [0, 0.05) is 38.0 Å². The Labute approximate surface area is 197 Å². The van der Waals surface area contributed by atoms with Crippen LogP contribution in [0.5, 0.6) is 5.75 Å². The van der Waals surface area contributed by atoms with Crippen molar-refractivity contribution in [1.29, 1.82) is 0 Å². The highest BCUT2D eigenvalue weighted by Crippen LogP contribution is 2.25. The second kappa shape index (κ2) is 12.1. The number of piperidine rings is 1. The van der Waals surface area contributed by atoms with Crippen molar-refractivity contribution in [3.63, 3.8) is 0 Å². The maximum Gasteiger partial charge on any atom is 0.229 e. The van der Waals surface area contributed by atoms with E-state index in [9.17, 15) is 9.59 Å². The standard InChI is InChI=1S/C22H34N4O3.HI/c1-6-23-21(24-12-13-26-19(27)8-7-9-20(26)28)25-15-17-11-10-16(2)14-18(17)29-22(3,4)5;/h10-11,14H,6-9,12-13,15H2,1-5H3,(H2,23,24,25);1H. The van der Waals surface area contributed by atoms with E-state index >= 15 is 0 Å². The fourth-order valence-corrected chi connectivity index (χ4v) is 3.06. The highest BCUT2D eigenvalue weighted by atomic mass is 127. The van der Waals surface area contributed by atoms with E-state index in [-0.39, 0.29) is 41.4 Å². The molecule has 2 rings (SSSR count). The predicted octanol–water partition coefficient (Wildman–Crippen LogP) is 3.38. The minimum Gasteiger partial charge on any atom is -0.488 e. The van der Waals surface area contributed by atoms with E-state index in [2.05, 4.69) is 15.6 Å². The molecule has 1 aliphatic rings. The fourth-order valence-electron chi connectivity index (χ4n) is 3.06. The van der Waals surface area contributed by atoms with Gasteiger partial charge >= 0.3 is 0 Å². The Kier molecular flexibility index (Phi) is 10.6. The number of hydrogen-bond donors (Lipinski definition) is 2. The van der Waals surface area contributed by atoms with Crippen LogP contribution in [-0.4, -0.2) is 47.9 Å². The Balaban J connectivity index is 0.00000450. The lowest BCUT2D eigenvalue weighted by Crippen LogP contribution is -2.46. The fraction of sp³-hybridized carbons (Fsp3) is 0.591. The number of benzene rings is 1. The number of imide groups is 1. The summed E-state index contributed by atoms with van der Waals surface area (Å²) in [6, 6.07) is 6.12. The van der Waals surface area contributed by atoms with E-state index in [1.165, 1.54) is 4.90 Å². The van der Waals surface area contributed by atoms with Crippen LogP contribution in [0.15, 0.2) is 23.2 Å². The van der Waals surface area contributed by atoms with Crippen molar-refractivity contribution in [1.82, 2.24) is 15.5 Å². The summed E-state index contributed by atoms with van der Waals surface area (Å²) in [6.07, 6.45) is 1.55. The Morgan fingerprint density at radius 3 is 2.43 bits per heavy atom. The number of likely N-dealkylation sites (tertiary alicyclic amines) is 1. The van der Waals surface area contributed by atoms with Gasteiger partial charge in [0.1, 0.15) is 11.4 Å². The number of nitrogens with zero attached hydrogens (tertiary/aromatic N) is 2. The van der Waals surface area contributed by atoms with Gasteiger partial charge in [-0.1, -0.05) is 12.1 Å². The van der Waals surface area contributed by atoms with Crippen molar-refractivity contribution in [2.75, 3.05) is 19.6 Å². The molecular weight excluding hydrogens is 495 g/mol. The molecule has 0 atom stereocenters. The smallest absolute Gasteiger partial charge is 0.229 e. The molecule has 1 fully saturated rings. The van der Waals surface area contributed by atoms with E-state index in [4.69, 9.17) is 4.74 Å². The van der Waals surface area contributed by atoms with Crippen molar-refractivity contribution in [2.45, 2.75) is 66.0 Å². The van der Waals surface area contributed by atoms with Gasteiger partial charge in [-0.3, -0.25) is 14.5 Å². The van der Waals surface area contributed by atoms with Crippen LogP contribution in [0, 0.1) is 6.92 Å². The van der Waals surface area contributed by atoms with Crippen LogP contribution >= 0.6 is 24.0 Å². The molecule has 168 valence electrons. The van der Waals surface area contributed by atoms with Crippen LogP contribution < -0.4 is 15.4 Å². The van der Waals surface area contributed by atoms with Gasteiger partial charge in [0.2, 0.25) is 11.8 Å². The molecule has 0 saturated carbocycles. The number of amides is 2. The summed E-state index contributed by atoms with van der Waals surface area (Å²) in [5.41, 5.74) is 1.85. The van der Waals surface area contributed by atoms with E-state index in [0.717, 1.165) is 16.9 Å². The summed E-state index contributed by atoms with van der Waals surface area (Å²) in [7, 11) is 0. The maximum atomic E-state index is 11.9. The average molecular weight is 530 g/mol. The quantitative estimate of drug-likeness (QED) is 0.245. The average Bonchev–Trinajstić information content (AvgIpc) is 2.62. The summed E-state index contributed by atoms with van der Waals surface area (Å²) >= 11 is 0. The SMILES string of the molecule is CCNC(=NCc1ccc(C)cc1OC(C)(C)C)NCCN1C(=O)CCCC1=O.I. The first-order chi connectivity index (χ1) is 13.7. The third kappa shape index (κ3) is 8.49. The summed E-state index contributed by atoms with van der Waals surface area (Å²) in [6.45, 7) is 12.1. The number of aryl methyl sites for hydroxylation is 1. The van der Waals surface area contributed by atoms with Crippen LogP contribution in [0.25, 0.3) is 0 Å². The third-order valence-electron chi connectivity index (χ3n) is 4.40. The molecule has 30 heavy (non-hydrogen) atoms. The lowest BCUT2D eigenvalue weighted by molar-refractivity contribution is -0.147. The van der Waals surface area contributed by atoms with Gasteiger partial charge in [0.05, 0.1) is 6.54 Å². The van der Waals surface area contributed by atoms with Gasteiger partial charge in [-0.25, -0.2) is 4.99 Å². The van der Waals surface area contributed by atoms with Crippen LogP contribution in [0.3, 0.4) is 0 Å². The number of nitrogens with one attached hydrogen (secondary N) is 2. The van der Waals surface area contributed by atoms with Gasteiger partial charge < -0.3 is 15.4 Å². The number of aliphatic imine (C=N–C) groups is 1. The molecule has 1 saturated heterocycles. The summed E-state index contributed by atoms with van der Waals surface area (Å²) < 4.78 is 6.10. The molecule has 1 aromatic carbocycles. The molecule has 7 nitrogen and oxygen atoms in total. The zero-order valence-electron chi connectivity index (χ0n) is 18.7. The number of rotatable bonds is 7. The van der Waals surface area contributed by atoms with Crippen LogP contribution in [-0.2, 0) is 16.1 Å². The molecule has 0 spiro atoms. The molecule has 0 unspecified atom stereocenters. The molecule has 2 amide bonds. The van der Waals surface area contributed by atoms with E-state index in [1.807, 2.05) is 52.8 Å². The summed E-state index contributed by atoms with van der Waals surface area (Å²) in [4.78, 5) is 29.8. The largest absolute Gasteiger partial charge is 0.488 e. The molecule has 0 radical (unpaired) electrons. The van der Waals surface area contributed by atoms with Crippen molar-refractivity contribution in [3.05, 3.63) is 29.3 Å². The van der Waals surface area contributed by atoms with E-state index in [1.54, 1.807) is 0 Å². The number of halogens is 1. The summed E-state index contributed by atoms with van der Waals surface area (Å²) in [5.74, 6) is 1.30. The van der Waals surface area contributed by atoms with Crippen molar-refractivity contribution in [3.8, 4) is 5.75 Å². The molecule has 0 aliphatic carbocycles. The highest BCUT2D eigenvalue weighted by Gasteiger charge is 2.25. The van der Waals surface area contributed by atoms with Crippen LogP contribution in [0.2, 0.25) is 0 Å². The number of ether oxygens (including phenoxy) is 1. The molecule has 0 bridgehead atoms. The predicted molar refractivity (Wildman–Crippen MR) is 130 cm³/mol. The normalized spacial score (nSPS) is 15.0. The zero-order chi connectivity index (χ0) is 21.4. The Hall–Kier alpha value is -1.84. The minimum atomic E-state index is -0.289. The van der Waals surface area contributed by atoms with E-state index < -0.39 is 0 Å². The van der Waals surface area contributed by atoms with Crippen LogP contribution in [0.1, 0.15) is 58.1 Å². The first kappa shape index (κ1) is 26.2. The zero-order valence-corrected chi connectivity index (χ0v) is 21.0. The van der Waals surface area contributed by atoms with Gasteiger partial charge in [-0.2, -0.15) is 0 Å². The lowest BCUT2D eigenvalue weighted by atomic mass is 10.1. The lowest BCUT2D eigenvalue weighted by Gasteiger charge is -2.25. The molecule has 0 aromatic heterocycles. The molecular formula is C22H35IN4O3. The topological polar surface area (TPSA) is 83.0 Å². The van der Waals surface area contributed by atoms with Gasteiger partial charge in [-0.15, -0.1) is 24.0 Å². The molecule has 2 N–H and O–H groups in total. The third-order valence-corrected chi connectivity index (χ3v) is 4.40. The number of carbonyl (C=O) groups excluding carboxylic acids is 2. The van der Waals surface area contributed by atoms with E-state index in [0.29, 0.717) is 51.4 Å².